The van der Waals surface area contributed by atoms with Crippen LogP contribution in [0, 0.1) is 0 Å². The predicted octanol–water partition coefficient (Wildman–Crippen LogP) is 5.62. The van der Waals surface area contributed by atoms with Crippen molar-refractivity contribution in [1.82, 2.24) is 10.2 Å². The molecule has 1 amide bonds. The lowest BCUT2D eigenvalue weighted by atomic mass is 9.98. The van der Waals surface area contributed by atoms with Crippen LogP contribution in [-0.4, -0.2) is 59.9 Å². The van der Waals surface area contributed by atoms with E-state index in [1.807, 2.05) is 25.9 Å². The monoisotopic (exact) mass is 476 g/mol. The summed E-state index contributed by atoms with van der Waals surface area (Å²) in [6, 6.07) is -0.444. The summed E-state index contributed by atoms with van der Waals surface area (Å²) in [5, 5.41) is 22.4. The summed E-state index contributed by atoms with van der Waals surface area (Å²) < 4.78 is 0. The highest BCUT2D eigenvalue weighted by atomic mass is 35.5. The zero-order valence-electron chi connectivity index (χ0n) is 21.4. The molecule has 3 unspecified atom stereocenters. The molecule has 0 aliphatic carbocycles. The molecule has 0 aromatic heterocycles. The molecular formula is C26H53ClN2O3. The third kappa shape index (κ3) is 17.9. The van der Waals surface area contributed by atoms with Gasteiger partial charge in [-0.1, -0.05) is 77.4 Å². The molecule has 0 spiro atoms. The first-order valence-electron chi connectivity index (χ1n) is 12.9. The molecule has 192 valence electrons. The van der Waals surface area contributed by atoms with Gasteiger partial charge in [0.25, 0.3) is 0 Å². The molecule has 0 saturated carbocycles. The molecule has 3 atom stereocenters. The molecule has 0 fully saturated rings. The Morgan fingerprint density at radius 3 is 1.84 bits per heavy atom. The van der Waals surface area contributed by atoms with Gasteiger partial charge in [0.15, 0.2) is 0 Å². The fourth-order valence-electron chi connectivity index (χ4n) is 4.14. The van der Waals surface area contributed by atoms with E-state index in [0.717, 1.165) is 19.3 Å². The molecule has 5 nitrogen and oxygen atoms in total. The topological polar surface area (TPSA) is 72.8 Å². The van der Waals surface area contributed by atoms with Crippen LogP contribution in [0.25, 0.3) is 0 Å². The van der Waals surface area contributed by atoms with E-state index in [0.29, 0.717) is 6.42 Å². The Balaban J connectivity index is 0. The number of aliphatic hydroxyl groups excluding tert-OH is 2. The van der Waals surface area contributed by atoms with Gasteiger partial charge in [0.05, 0.1) is 18.8 Å². The van der Waals surface area contributed by atoms with Crippen LogP contribution in [0.2, 0.25) is 0 Å². The third-order valence-electron chi connectivity index (χ3n) is 6.04. The van der Waals surface area contributed by atoms with Gasteiger partial charge in [0, 0.05) is 12.5 Å². The van der Waals surface area contributed by atoms with Gasteiger partial charge < -0.3 is 20.4 Å². The van der Waals surface area contributed by atoms with E-state index in [9.17, 15) is 15.0 Å². The number of hydrogen-bond donors (Lipinski definition) is 3. The van der Waals surface area contributed by atoms with Gasteiger partial charge in [0.1, 0.15) is 0 Å². The van der Waals surface area contributed by atoms with Crippen molar-refractivity contribution in [2.45, 2.75) is 128 Å². The van der Waals surface area contributed by atoms with Crippen molar-refractivity contribution in [3.63, 3.8) is 0 Å². The summed E-state index contributed by atoms with van der Waals surface area (Å²) in [4.78, 5) is 14.2. The summed E-state index contributed by atoms with van der Waals surface area (Å²) in [6.07, 6.45) is 21.3. The largest absolute Gasteiger partial charge is 0.394 e. The normalized spacial score (nSPS) is 14.3. The van der Waals surface area contributed by atoms with Crippen molar-refractivity contribution in [3.8, 4) is 0 Å². The first-order valence-corrected chi connectivity index (χ1v) is 12.9. The lowest BCUT2D eigenvalue weighted by Crippen LogP contribution is -2.55. The maximum absolute atomic E-state index is 12.3. The summed E-state index contributed by atoms with van der Waals surface area (Å²) in [5.74, 6) is 0.0430. The van der Waals surface area contributed by atoms with Crippen LogP contribution in [0.5, 0.6) is 0 Å². The number of hydrogen-bond acceptors (Lipinski definition) is 4. The minimum absolute atomic E-state index is 0. The second-order valence-corrected chi connectivity index (χ2v) is 9.12. The molecule has 0 saturated heterocycles. The van der Waals surface area contributed by atoms with Gasteiger partial charge >= 0.3 is 0 Å². The van der Waals surface area contributed by atoms with Crippen LogP contribution in [0.1, 0.15) is 110 Å². The summed E-state index contributed by atoms with van der Waals surface area (Å²) >= 11 is 0. The molecule has 32 heavy (non-hydrogen) atoms. The maximum Gasteiger partial charge on any atom is 0.220 e. The minimum atomic E-state index is -0.861. The van der Waals surface area contributed by atoms with E-state index in [1.165, 1.54) is 70.6 Å². The number of nitrogens with one attached hydrogen (secondary N) is 1. The number of rotatable bonds is 21. The molecule has 0 rings (SSSR count). The number of carbonyl (C=O) groups excluding carboxylic acids is 1. The maximum atomic E-state index is 12.3. The van der Waals surface area contributed by atoms with E-state index in [2.05, 4.69) is 24.4 Å². The molecule has 0 heterocycles. The van der Waals surface area contributed by atoms with E-state index in [4.69, 9.17) is 0 Å². The molecular weight excluding hydrogens is 424 g/mol. The average Bonchev–Trinajstić information content (AvgIpc) is 2.75. The molecule has 3 N–H and O–H groups in total. The number of aliphatic hydroxyl groups is 2. The smallest absolute Gasteiger partial charge is 0.220 e. The number of carbonyl (C=O) groups is 1. The zero-order valence-corrected chi connectivity index (χ0v) is 22.2. The first kappa shape index (κ1) is 33.6. The van der Waals surface area contributed by atoms with Crippen molar-refractivity contribution < 1.29 is 15.0 Å². The highest BCUT2D eigenvalue weighted by molar-refractivity contribution is 5.85. The predicted molar refractivity (Wildman–Crippen MR) is 139 cm³/mol. The quantitative estimate of drug-likeness (QED) is 0.148. The molecule has 0 aliphatic rings. The SMILES string of the molecule is CCCCCCCC/C=C\CCCCCCCC(=O)NC(CC)C(C(O)CO)N(C)C.Cl. The number of likely N-dealkylation sites (N-methyl/N-ethyl adjacent to an activating group) is 1. The Kier molecular flexibility index (Phi) is 24.7. The second-order valence-electron chi connectivity index (χ2n) is 9.12. The van der Waals surface area contributed by atoms with Gasteiger partial charge in [-0.05, 0) is 52.6 Å². The molecule has 0 aromatic carbocycles. The van der Waals surface area contributed by atoms with Gasteiger partial charge in [-0.3, -0.25) is 4.79 Å². The molecule has 0 aromatic rings. The van der Waals surface area contributed by atoms with E-state index >= 15 is 0 Å². The zero-order chi connectivity index (χ0) is 23.3. The number of amides is 1. The van der Waals surface area contributed by atoms with Crippen LogP contribution < -0.4 is 5.32 Å². The van der Waals surface area contributed by atoms with Crippen molar-refractivity contribution in [2.75, 3.05) is 20.7 Å². The van der Waals surface area contributed by atoms with E-state index < -0.39 is 6.10 Å². The number of unbranched alkanes of at least 4 members (excludes halogenated alkanes) is 11. The molecule has 0 bridgehead atoms. The lowest BCUT2D eigenvalue weighted by Gasteiger charge is -2.35. The van der Waals surface area contributed by atoms with Crippen LogP contribution >= 0.6 is 12.4 Å². The van der Waals surface area contributed by atoms with Gasteiger partial charge in [-0.2, -0.15) is 0 Å². The van der Waals surface area contributed by atoms with Crippen molar-refractivity contribution >= 4 is 18.3 Å². The van der Waals surface area contributed by atoms with E-state index in [-0.39, 0.29) is 37.0 Å². The summed E-state index contributed by atoms with van der Waals surface area (Å²) in [5.41, 5.74) is 0. The highest BCUT2D eigenvalue weighted by Crippen LogP contribution is 2.12. The van der Waals surface area contributed by atoms with Crippen molar-refractivity contribution in [2.24, 2.45) is 0 Å². The first-order chi connectivity index (χ1) is 15.0. The Bertz CT molecular complexity index is 447. The standard InChI is InChI=1S/C26H52N2O3.ClH/c1-5-7-8-9-10-11-12-13-14-15-16-17-18-19-20-21-25(31)27-23(6-2)26(28(3)4)24(30)22-29;/h13-14,23-24,26,29-30H,5-12,15-22H2,1-4H3,(H,27,31);1H/b14-13-;. The Morgan fingerprint density at radius 1 is 0.875 bits per heavy atom. The van der Waals surface area contributed by atoms with Crippen LogP contribution in [0.4, 0.5) is 0 Å². The highest BCUT2D eigenvalue weighted by Gasteiger charge is 2.29. The number of allylic oxidation sites excluding steroid dienone is 2. The summed E-state index contributed by atoms with van der Waals surface area (Å²) in [6.45, 7) is 3.95. The van der Waals surface area contributed by atoms with Crippen molar-refractivity contribution in [3.05, 3.63) is 12.2 Å². The Morgan fingerprint density at radius 2 is 1.38 bits per heavy atom. The van der Waals surface area contributed by atoms with Gasteiger partial charge in [-0.25, -0.2) is 0 Å². The minimum Gasteiger partial charge on any atom is -0.394 e. The number of halogens is 1. The lowest BCUT2D eigenvalue weighted by molar-refractivity contribution is -0.122. The number of nitrogens with zero attached hydrogens (tertiary/aromatic N) is 1. The third-order valence-corrected chi connectivity index (χ3v) is 6.04. The average molecular weight is 477 g/mol. The molecule has 0 aliphatic heterocycles. The summed E-state index contributed by atoms with van der Waals surface area (Å²) in [7, 11) is 3.73. The molecule has 0 radical (unpaired) electrons. The Labute approximate surface area is 204 Å². The Hall–Kier alpha value is -0.620. The van der Waals surface area contributed by atoms with Crippen LogP contribution in [-0.2, 0) is 4.79 Å². The van der Waals surface area contributed by atoms with Crippen molar-refractivity contribution in [1.29, 1.82) is 0 Å². The second kappa shape index (κ2) is 23.5. The fourth-order valence-corrected chi connectivity index (χ4v) is 4.14. The fraction of sp³-hybridized carbons (Fsp3) is 0.885. The molecule has 6 heteroatoms. The van der Waals surface area contributed by atoms with Gasteiger partial charge in [-0.15, -0.1) is 12.4 Å². The van der Waals surface area contributed by atoms with E-state index in [1.54, 1.807) is 0 Å². The van der Waals surface area contributed by atoms with Crippen LogP contribution in [0.3, 0.4) is 0 Å². The van der Waals surface area contributed by atoms with Gasteiger partial charge in [0.2, 0.25) is 5.91 Å². The van der Waals surface area contributed by atoms with Crippen LogP contribution in [0.15, 0.2) is 12.2 Å².